The first kappa shape index (κ1) is 19.4. The zero-order valence-corrected chi connectivity index (χ0v) is 16.3. The molecule has 1 heterocycles. The minimum atomic E-state index is -1.25. The maximum atomic E-state index is 12.4. The van der Waals surface area contributed by atoms with Crippen LogP contribution >= 0.6 is 11.6 Å². The van der Waals surface area contributed by atoms with E-state index in [-0.39, 0.29) is 17.4 Å². The van der Waals surface area contributed by atoms with Gasteiger partial charge in [-0.15, -0.1) is 0 Å². The topological polar surface area (TPSA) is 59.3 Å². The molecule has 1 aromatic heterocycles. The third-order valence-corrected chi connectivity index (χ3v) is 5.60. The van der Waals surface area contributed by atoms with Gasteiger partial charge in [-0.05, 0) is 54.8 Å². The van der Waals surface area contributed by atoms with E-state index in [2.05, 4.69) is 17.4 Å². The van der Waals surface area contributed by atoms with E-state index in [1.165, 1.54) is 5.56 Å². The quantitative estimate of drug-likeness (QED) is 0.561. The normalized spacial score (nSPS) is 11.9. The zero-order chi connectivity index (χ0) is 19.1. The van der Waals surface area contributed by atoms with Crippen LogP contribution in [0.5, 0.6) is 0 Å². The number of carbonyl (C=O) groups is 1. The van der Waals surface area contributed by atoms with Gasteiger partial charge in [-0.3, -0.25) is 9.00 Å². The lowest BCUT2D eigenvalue weighted by Crippen LogP contribution is -2.24. The number of amides is 1. The summed E-state index contributed by atoms with van der Waals surface area (Å²) >= 11 is 5.84. The van der Waals surface area contributed by atoms with Crippen LogP contribution in [-0.4, -0.2) is 16.7 Å². The molecule has 0 aliphatic carbocycles. The highest BCUT2D eigenvalue weighted by molar-refractivity contribution is 7.84. The molecule has 0 unspecified atom stereocenters. The van der Waals surface area contributed by atoms with Crippen LogP contribution < -0.4 is 5.32 Å². The predicted octanol–water partition coefficient (Wildman–Crippen LogP) is 4.60. The van der Waals surface area contributed by atoms with Crippen LogP contribution in [0.3, 0.4) is 0 Å². The van der Waals surface area contributed by atoms with Crippen molar-refractivity contribution in [2.45, 2.75) is 23.5 Å². The fraction of sp³-hybridized carbons (Fsp3) is 0.190. The molecular formula is C21H20ClNO3S. The van der Waals surface area contributed by atoms with Crippen molar-refractivity contribution in [1.29, 1.82) is 0 Å². The summed E-state index contributed by atoms with van der Waals surface area (Å²) in [4.78, 5) is 12.8. The highest BCUT2D eigenvalue weighted by Crippen LogP contribution is 2.17. The summed E-state index contributed by atoms with van der Waals surface area (Å²) in [6, 6.07) is 20.3. The number of rotatable bonds is 8. The maximum absolute atomic E-state index is 12.4. The molecule has 0 saturated heterocycles. The summed E-state index contributed by atoms with van der Waals surface area (Å²) in [6.07, 6.45) is 1.76. The largest absolute Gasteiger partial charge is 0.455 e. The molecule has 140 valence electrons. The molecule has 0 saturated carbocycles. The summed E-state index contributed by atoms with van der Waals surface area (Å²) in [5.41, 5.74) is 1.25. The van der Waals surface area contributed by atoms with Gasteiger partial charge in [-0.1, -0.05) is 41.9 Å². The first-order valence-corrected chi connectivity index (χ1v) is 10.4. The van der Waals surface area contributed by atoms with Crippen LogP contribution in [-0.2, 0) is 23.0 Å². The Bertz CT molecular complexity index is 907. The lowest BCUT2D eigenvalue weighted by Gasteiger charge is -2.04. The molecule has 1 N–H and O–H groups in total. The molecule has 1 atom stereocenters. The Morgan fingerprint density at radius 3 is 2.48 bits per heavy atom. The second kappa shape index (κ2) is 9.53. The summed E-state index contributed by atoms with van der Waals surface area (Å²) < 4.78 is 17.9. The smallest absolute Gasteiger partial charge is 0.286 e. The van der Waals surface area contributed by atoms with Crippen LogP contribution in [0, 0.1) is 0 Å². The first-order valence-electron chi connectivity index (χ1n) is 8.66. The van der Waals surface area contributed by atoms with Gasteiger partial charge in [0.15, 0.2) is 5.76 Å². The lowest BCUT2D eigenvalue weighted by molar-refractivity contribution is 0.0924. The van der Waals surface area contributed by atoms with E-state index in [1.54, 1.807) is 36.4 Å². The lowest BCUT2D eigenvalue weighted by atomic mass is 10.1. The number of carbonyl (C=O) groups excluding carboxylic acids is 1. The second-order valence-electron chi connectivity index (χ2n) is 6.05. The van der Waals surface area contributed by atoms with Crippen molar-refractivity contribution in [3.63, 3.8) is 0 Å². The molecule has 0 spiro atoms. The van der Waals surface area contributed by atoms with Crippen molar-refractivity contribution >= 4 is 28.3 Å². The summed E-state index contributed by atoms with van der Waals surface area (Å²) in [5.74, 6) is 0.699. The van der Waals surface area contributed by atoms with Gasteiger partial charge in [0.1, 0.15) is 5.76 Å². The monoisotopic (exact) mass is 401 g/mol. The average Bonchev–Trinajstić information content (AvgIpc) is 3.15. The van der Waals surface area contributed by atoms with Crippen molar-refractivity contribution in [3.8, 4) is 0 Å². The van der Waals surface area contributed by atoms with Gasteiger partial charge in [0, 0.05) is 16.5 Å². The molecule has 27 heavy (non-hydrogen) atoms. The molecule has 6 heteroatoms. The number of benzene rings is 2. The van der Waals surface area contributed by atoms with Crippen molar-refractivity contribution in [3.05, 3.63) is 88.8 Å². The van der Waals surface area contributed by atoms with Crippen LogP contribution in [0.2, 0.25) is 5.02 Å². The highest BCUT2D eigenvalue weighted by atomic mass is 35.5. The summed E-state index contributed by atoms with van der Waals surface area (Å²) in [6.45, 7) is 0.570. The number of halogens is 1. The minimum absolute atomic E-state index is 0.211. The zero-order valence-electron chi connectivity index (χ0n) is 14.7. The Morgan fingerprint density at radius 2 is 1.74 bits per heavy atom. The van der Waals surface area contributed by atoms with Crippen LogP contribution in [0.15, 0.2) is 76.0 Å². The Morgan fingerprint density at radius 1 is 1.00 bits per heavy atom. The van der Waals surface area contributed by atoms with E-state index >= 15 is 0 Å². The van der Waals surface area contributed by atoms with Gasteiger partial charge >= 0.3 is 0 Å². The van der Waals surface area contributed by atoms with Crippen molar-refractivity contribution < 1.29 is 13.4 Å². The number of hydrogen-bond acceptors (Lipinski definition) is 3. The van der Waals surface area contributed by atoms with E-state index in [4.69, 9.17) is 16.0 Å². The van der Waals surface area contributed by atoms with Crippen molar-refractivity contribution in [2.24, 2.45) is 0 Å². The van der Waals surface area contributed by atoms with E-state index in [0.29, 0.717) is 22.2 Å². The molecule has 3 aromatic rings. The van der Waals surface area contributed by atoms with E-state index in [1.807, 2.05) is 18.2 Å². The third kappa shape index (κ3) is 5.81. The SMILES string of the molecule is O=C(NCCCc1ccccc1)c1ccc(C[S@](=O)c2ccc(Cl)cc2)o1. The Balaban J connectivity index is 1.47. The number of hydrogen-bond donors (Lipinski definition) is 1. The molecule has 0 radical (unpaired) electrons. The number of aryl methyl sites for hydroxylation is 1. The molecule has 0 bridgehead atoms. The van der Waals surface area contributed by atoms with Gasteiger partial charge in [-0.25, -0.2) is 0 Å². The van der Waals surface area contributed by atoms with Gasteiger partial charge in [0.25, 0.3) is 5.91 Å². The third-order valence-electron chi connectivity index (χ3n) is 4.01. The van der Waals surface area contributed by atoms with Crippen molar-refractivity contribution in [2.75, 3.05) is 6.54 Å². The summed E-state index contributed by atoms with van der Waals surface area (Å²) in [7, 11) is -1.25. The fourth-order valence-electron chi connectivity index (χ4n) is 2.60. The average molecular weight is 402 g/mol. The second-order valence-corrected chi connectivity index (χ2v) is 7.94. The highest BCUT2D eigenvalue weighted by Gasteiger charge is 2.13. The molecule has 4 nitrogen and oxygen atoms in total. The van der Waals surface area contributed by atoms with Crippen molar-refractivity contribution in [1.82, 2.24) is 5.32 Å². The number of nitrogens with one attached hydrogen (secondary N) is 1. The van der Waals surface area contributed by atoms with Gasteiger partial charge < -0.3 is 9.73 Å². The van der Waals surface area contributed by atoms with Gasteiger partial charge in [0.2, 0.25) is 0 Å². The molecule has 0 aliphatic heterocycles. The molecule has 1 amide bonds. The van der Waals surface area contributed by atoms with Crippen LogP contribution in [0.4, 0.5) is 0 Å². The molecule has 3 rings (SSSR count). The Hall–Kier alpha value is -2.37. The first-order chi connectivity index (χ1) is 13.1. The van der Waals surface area contributed by atoms with E-state index in [0.717, 1.165) is 12.8 Å². The maximum Gasteiger partial charge on any atom is 0.286 e. The number of furan rings is 1. The fourth-order valence-corrected chi connectivity index (χ4v) is 3.75. The molecular weight excluding hydrogens is 382 g/mol. The standard InChI is InChI=1S/C21H20ClNO3S/c22-17-8-11-19(12-9-17)27(25)15-18-10-13-20(26-18)21(24)23-14-4-7-16-5-2-1-3-6-16/h1-3,5-6,8-13H,4,7,14-15H2,(H,23,24)/t27-/m0/s1. The van der Waals surface area contributed by atoms with E-state index < -0.39 is 10.8 Å². The van der Waals surface area contributed by atoms with Gasteiger partial charge in [0.05, 0.1) is 16.6 Å². The molecule has 2 aromatic carbocycles. The van der Waals surface area contributed by atoms with E-state index in [9.17, 15) is 9.00 Å². The summed E-state index contributed by atoms with van der Waals surface area (Å²) in [5, 5.41) is 3.45. The van der Waals surface area contributed by atoms with Gasteiger partial charge in [-0.2, -0.15) is 0 Å². The molecule has 0 fully saturated rings. The van der Waals surface area contributed by atoms with Crippen LogP contribution in [0.25, 0.3) is 0 Å². The predicted molar refractivity (Wildman–Crippen MR) is 107 cm³/mol. The Kier molecular flexibility index (Phi) is 6.85. The van der Waals surface area contributed by atoms with Crippen LogP contribution in [0.1, 0.15) is 28.3 Å². The molecule has 0 aliphatic rings. The minimum Gasteiger partial charge on any atom is -0.455 e. The Labute approximate surface area is 166 Å².